The van der Waals surface area contributed by atoms with Crippen LogP contribution < -0.4 is 11.1 Å². The molecule has 3 N–H and O–H groups in total. The van der Waals surface area contributed by atoms with Gasteiger partial charge in [0.1, 0.15) is 0 Å². The maximum absolute atomic E-state index is 5.41. The van der Waals surface area contributed by atoms with Crippen molar-refractivity contribution in [3.05, 3.63) is 48.7 Å². The van der Waals surface area contributed by atoms with Crippen molar-refractivity contribution in [2.24, 2.45) is 5.73 Å². The third kappa shape index (κ3) is 4.96. The summed E-state index contributed by atoms with van der Waals surface area (Å²) in [6.45, 7) is 8.20. The molecule has 0 aromatic heterocycles. The highest BCUT2D eigenvalue weighted by atomic mass is 15.1. The normalized spacial score (nSPS) is 10.1. The lowest BCUT2D eigenvalue weighted by Gasteiger charge is -2.20. The van der Waals surface area contributed by atoms with Crippen molar-refractivity contribution in [2.75, 3.05) is 26.2 Å². The first kappa shape index (κ1) is 12.7. The van der Waals surface area contributed by atoms with E-state index < -0.39 is 0 Å². The van der Waals surface area contributed by atoms with Gasteiger partial charge in [0.05, 0.1) is 0 Å². The van der Waals surface area contributed by atoms with Crippen LogP contribution in [0.25, 0.3) is 0 Å². The molecule has 0 aliphatic rings. The van der Waals surface area contributed by atoms with E-state index in [1.807, 2.05) is 12.3 Å². The molecule has 0 fully saturated rings. The van der Waals surface area contributed by atoms with Crippen molar-refractivity contribution < 1.29 is 0 Å². The molecule has 16 heavy (non-hydrogen) atoms. The fourth-order valence-electron chi connectivity index (χ4n) is 1.50. The van der Waals surface area contributed by atoms with Gasteiger partial charge >= 0.3 is 0 Å². The molecule has 0 atom stereocenters. The molecule has 3 heteroatoms. The summed E-state index contributed by atoms with van der Waals surface area (Å²) in [4.78, 5) is 2.19. The maximum Gasteiger partial charge on any atom is 0.0424 e. The molecule has 0 radical (unpaired) electrons. The van der Waals surface area contributed by atoms with Gasteiger partial charge in [0.2, 0.25) is 0 Å². The lowest BCUT2D eigenvalue weighted by molar-refractivity contribution is 0.366. The van der Waals surface area contributed by atoms with Crippen LogP contribution in [0.3, 0.4) is 0 Å². The molecule has 3 nitrogen and oxygen atoms in total. The van der Waals surface area contributed by atoms with Crippen molar-refractivity contribution in [1.82, 2.24) is 10.2 Å². The van der Waals surface area contributed by atoms with Crippen LogP contribution in [0.4, 0.5) is 0 Å². The Hall–Kier alpha value is -1.32. The molecule has 0 saturated heterocycles. The van der Waals surface area contributed by atoms with Crippen LogP contribution in [0.2, 0.25) is 0 Å². The number of nitrogens with two attached hydrogens (primary N) is 1. The van der Waals surface area contributed by atoms with Crippen molar-refractivity contribution in [1.29, 1.82) is 0 Å². The van der Waals surface area contributed by atoms with Crippen molar-refractivity contribution in [2.45, 2.75) is 6.54 Å². The number of benzene rings is 1. The van der Waals surface area contributed by atoms with Crippen LogP contribution in [-0.2, 0) is 6.54 Å². The molecule has 88 valence electrons. The second-order valence-electron chi connectivity index (χ2n) is 3.68. The molecule has 0 amide bonds. The van der Waals surface area contributed by atoms with Gasteiger partial charge in [-0.25, -0.2) is 0 Å². The number of hydrogen-bond donors (Lipinski definition) is 2. The molecular weight excluding hydrogens is 198 g/mol. The van der Waals surface area contributed by atoms with Crippen LogP contribution in [0.15, 0.2) is 43.1 Å². The second kappa shape index (κ2) is 7.91. The van der Waals surface area contributed by atoms with E-state index in [9.17, 15) is 0 Å². The van der Waals surface area contributed by atoms with Crippen molar-refractivity contribution >= 4 is 0 Å². The van der Waals surface area contributed by atoms with Crippen LogP contribution in [-0.4, -0.2) is 31.1 Å². The summed E-state index contributed by atoms with van der Waals surface area (Å²) in [6.07, 6.45) is 1.89. The van der Waals surface area contributed by atoms with Gasteiger partial charge in [-0.1, -0.05) is 36.9 Å². The molecule has 0 aliphatic heterocycles. The van der Waals surface area contributed by atoms with Gasteiger partial charge in [0.25, 0.3) is 0 Å². The minimum Gasteiger partial charge on any atom is -0.372 e. The van der Waals surface area contributed by atoms with Crippen LogP contribution in [0.1, 0.15) is 5.56 Å². The molecule has 1 rings (SSSR count). The number of nitrogens with zero attached hydrogens (tertiary/aromatic N) is 1. The molecule has 0 saturated carbocycles. The molecule has 0 bridgehead atoms. The number of nitrogens with one attached hydrogen (secondary N) is 1. The van der Waals surface area contributed by atoms with Gasteiger partial charge in [0.15, 0.2) is 0 Å². The third-order valence-corrected chi connectivity index (χ3v) is 2.38. The van der Waals surface area contributed by atoms with E-state index in [2.05, 4.69) is 41.1 Å². The highest BCUT2D eigenvalue weighted by Crippen LogP contribution is 2.03. The Kier molecular flexibility index (Phi) is 6.30. The summed E-state index contributed by atoms with van der Waals surface area (Å²) in [5, 5.41) is 3.27. The van der Waals surface area contributed by atoms with E-state index in [0.717, 1.165) is 26.2 Å². The minimum atomic E-state index is 0.687. The van der Waals surface area contributed by atoms with Gasteiger partial charge in [-0.05, 0) is 11.8 Å². The fraction of sp³-hybridized carbons (Fsp3) is 0.385. The quantitative estimate of drug-likeness (QED) is 0.645. The van der Waals surface area contributed by atoms with Crippen LogP contribution >= 0.6 is 0 Å². The van der Waals surface area contributed by atoms with E-state index >= 15 is 0 Å². The Balaban J connectivity index is 2.29. The fourth-order valence-corrected chi connectivity index (χ4v) is 1.50. The second-order valence-corrected chi connectivity index (χ2v) is 3.68. The molecule has 0 unspecified atom stereocenters. The van der Waals surface area contributed by atoms with Gasteiger partial charge < -0.3 is 16.0 Å². The first-order chi connectivity index (χ1) is 7.86. The monoisotopic (exact) mass is 219 g/mol. The summed E-state index contributed by atoms with van der Waals surface area (Å²) in [5.74, 6) is 0. The minimum absolute atomic E-state index is 0.687. The third-order valence-electron chi connectivity index (χ3n) is 2.38. The summed E-state index contributed by atoms with van der Waals surface area (Å²) >= 11 is 0. The van der Waals surface area contributed by atoms with Gasteiger partial charge in [-0.15, -0.1) is 0 Å². The van der Waals surface area contributed by atoms with Gasteiger partial charge in [0, 0.05) is 32.7 Å². The predicted octanol–water partition coefficient (Wildman–Crippen LogP) is 1.18. The molecule has 0 aliphatic carbocycles. The van der Waals surface area contributed by atoms with Crippen LogP contribution in [0.5, 0.6) is 0 Å². The Labute approximate surface area is 97.9 Å². The molecule has 0 spiro atoms. The summed E-state index contributed by atoms with van der Waals surface area (Å²) in [6, 6.07) is 10.4. The standard InChI is InChI=1S/C13H21N3/c1-2-16(11-10-15-9-8-14)12-13-6-4-3-5-7-13/h2-7,15H,1,8-12,14H2. The Bertz CT molecular complexity index is 284. The maximum atomic E-state index is 5.41. The number of rotatable bonds is 8. The first-order valence-electron chi connectivity index (χ1n) is 5.68. The van der Waals surface area contributed by atoms with E-state index in [-0.39, 0.29) is 0 Å². The van der Waals surface area contributed by atoms with Gasteiger partial charge in [-0.2, -0.15) is 0 Å². The topological polar surface area (TPSA) is 41.3 Å². The summed E-state index contributed by atoms with van der Waals surface area (Å²) in [5.41, 5.74) is 6.71. The zero-order valence-corrected chi connectivity index (χ0v) is 9.73. The summed E-state index contributed by atoms with van der Waals surface area (Å²) < 4.78 is 0. The van der Waals surface area contributed by atoms with Gasteiger partial charge in [-0.3, -0.25) is 0 Å². The lowest BCUT2D eigenvalue weighted by atomic mass is 10.2. The average Bonchev–Trinajstić information content (AvgIpc) is 2.34. The number of hydrogen-bond acceptors (Lipinski definition) is 3. The Morgan fingerprint density at radius 2 is 2.00 bits per heavy atom. The molecule has 1 aromatic rings. The smallest absolute Gasteiger partial charge is 0.0424 e. The Morgan fingerprint density at radius 1 is 1.25 bits per heavy atom. The van der Waals surface area contributed by atoms with Crippen LogP contribution in [0, 0.1) is 0 Å². The van der Waals surface area contributed by atoms with E-state index in [0.29, 0.717) is 6.54 Å². The van der Waals surface area contributed by atoms with Crippen molar-refractivity contribution in [3.8, 4) is 0 Å². The van der Waals surface area contributed by atoms with E-state index in [1.165, 1.54) is 5.56 Å². The highest BCUT2D eigenvalue weighted by Gasteiger charge is 1.99. The lowest BCUT2D eigenvalue weighted by Crippen LogP contribution is -2.31. The molecular formula is C13H21N3. The van der Waals surface area contributed by atoms with E-state index in [1.54, 1.807) is 0 Å². The Morgan fingerprint density at radius 3 is 2.62 bits per heavy atom. The molecule has 1 aromatic carbocycles. The SMILES string of the molecule is C=CN(CCNCCN)Cc1ccccc1. The highest BCUT2D eigenvalue weighted by molar-refractivity contribution is 5.14. The van der Waals surface area contributed by atoms with E-state index in [4.69, 9.17) is 5.73 Å². The zero-order chi connectivity index (χ0) is 11.6. The predicted molar refractivity (Wildman–Crippen MR) is 69.0 cm³/mol. The largest absolute Gasteiger partial charge is 0.372 e. The zero-order valence-electron chi connectivity index (χ0n) is 9.73. The summed E-state index contributed by atoms with van der Waals surface area (Å²) in [7, 11) is 0. The molecule has 0 heterocycles. The average molecular weight is 219 g/mol. The first-order valence-corrected chi connectivity index (χ1v) is 5.68. The van der Waals surface area contributed by atoms with Crippen molar-refractivity contribution in [3.63, 3.8) is 0 Å².